The summed E-state index contributed by atoms with van der Waals surface area (Å²) in [6.07, 6.45) is 6.26. The van der Waals surface area contributed by atoms with Crippen LogP contribution >= 0.6 is 11.3 Å². The van der Waals surface area contributed by atoms with Gasteiger partial charge in [-0.1, -0.05) is 0 Å². The van der Waals surface area contributed by atoms with Crippen LogP contribution in [0.5, 0.6) is 0 Å². The van der Waals surface area contributed by atoms with Crippen molar-refractivity contribution in [2.45, 2.75) is 45.3 Å². The summed E-state index contributed by atoms with van der Waals surface area (Å²) in [4.78, 5) is 5.64. The second-order valence-electron chi connectivity index (χ2n) is 5.50. The van der Waals surface area contributed by atoms with Gasteiger partial charge >= 0.3 is 0 Å². The molecule has 2 aromatic heterocycles. The monoisotopic (exact) mass is 279 g/mol. The molecule has 19 heavy (non-hydrogen) atoms. The zero-order valence-corrected chi connectivity index (χ0v) is 12.1. The molecule has 0 aromatic carbocycles. The van der Waals surface area contributed by atoms with E-state index in [2.05, 4.69) is 33.2 Å². The van der Waals surface area contributed by atoms with Crippen LogP contribution < -0.4 is 5.32 Å². The normalized spacial score (nSPS) is 24.1. The minimum absolute atomic E-state index is 0.0567. The molecule has 2 heterocycles. The zero-order chi connectivity index (χ0) is 13.2. The van der Waals surface area contributed by atoms with Gasteiger partial charge in [0.05, 0.1) is 17.5 Å². The van der Waals surface area contributed by atoms with Crippen molar-refractivity contribution in [2.24, 2.45) is 5.92 Å². The van der Waals surface area contributed by atoms with Gasteiger partial charge in [-0.05, 0) is 45.1 Å². The average molecular weight is 279 g/mol. The van der Waals surface area contributed by atoms with Crippen LogP contribution in [0.15, 0.2) is 11.6 Å². The van der Waals surface area contributed by atoms with E-state index in [1.807, 2.05) is 0 Å². The van der Waals surface area contributed by atoms with Crippen molar-refractivity contribution in [3.63, 3.8) is 0 Å². The predicted octanol–water partition coefficient (Wildman–Crippen LogP) is 2.34. The molecule has 1 aliphatic carbocycles. The standard InChI is InChI=1S/C14H21N3OS/c1-10-13(17-6-7-19-14(17)16-10)9-15-8-11-2-4-12(18)5-3-11/h6-7,11-12,15,18H,2-5,8-9H2,1H3. The molecule has 0 aliphatic heterocycles. The molecule has 1 fully saturated rings. The first kappa shape index (κ1) is 13.1. The van der Waals surface area contributed by atoms with Crippen molar-refractivity contribution in [1.29, 1.82) is 0 Å². The summed E-state index contributed by atoms with van der Waals surface area (Å²) in [7, 11) is 0. The molecule has 1 saturated carbocycles. The van der Waals surface area contributed by atoms with Gasteiger partial charge in [0.2, 0.25) is 0 Å². The summed E-state index contributed by atoms with van der Waals surface area (Å²) >= 11 is 1.68. The summed E-state index contributed by atoms with van der Waals surface area (Å²) < 4.78 is 2.18. The number of aliphatic hydroxyl groups excluding tert-OH is 1. The van der Waals surface area contributed by atoms with E-state index in [1.165, 1.54) is 5.69 Å². The lowest BCUT2D eigenvalue weighted by Crippen LogP contribution is -2.28. The van der Waals surface area contributed by atoms with Crippen LogP contribution in [0.4, 0.5) is 0 Å². The van der Waals surface area contributed by atoms with Crippen LogP contribution in [0, 0.1) is 12.8 Å². The van der Waals surface area contributed by atoms with Gasteiger partial charge in [-0.25, -0.2) is 4.98 Å². The van der Waals surface area contributed by atoms with Crippen molar-refractivity contribution in [3.8, 4) is 0 Å². The van der Waals surface area contributed by atoms with Gasteiger partial charge in [-0.3, -0.25) is 4.40 Å². The number of aliphatic hydroxyl groups is 1. The molecule has 0 bridgehead atoms. The van der Waals surface area contributed by atoms with Gasteiger partial charge in [0.25, 0.3) is 0 Å². The van der Waals surface area contributed by atoms with Crippen molar-refractivity contribution in [3.05, 3.63) is 23.0 Å². The fraction of sp³-hybridized carbons (Fsp3) is 0.643. The lowest BCUT2D eigenvalue weighted by atomic mass is 9.87. The molecular formula is C14H21N3OS. The average Bonchev–Trinajstić information content (AvgIpc) is 2.94. The Morgan fingerprint density at radius 2 is 2.21 bits per heavy atom. The topological polar surface area (TPSA) is 49.6 Å². The molecule has 3 rings (SSSR count). The van der Waals surface area contributed by atoms with Crippen molar-refractivity contribution in [1.82, 2.24) is 14.7 Å². The highest BCUT2D eigenvalue weighted by molar-refractivity contribution is 7.15. The molecule has 104 valence electrons. The highest BCUT2D eigenvalue weighted by atomic mass is 32.1. The molecule has 0 atom stereocenters. The fourth-order valence-electron chi connectivity index (χ4n) is 2.90. The van der Waals surface area contributed by atoms with Gasteiger partial charge in [-0.2, -0.15) is 0 Å². The molecular weight excluding hydrogens is 258 g/mol. The summed E-state index contributed by atoms with van der Waals surface area (Å²) in [6, 6.07) is 0. The van der Waals surface area contributed by atoms with E-state index in [-0.39, 0.29) is 6.10 Å². The van der Waals surface area contributed by atoms with Crippen molar-refractivity contribution in [2.75, 3.05) is 6.54 Å². The van der Waals surface area contributed by atoms with E-state index in [0.29, 0.717) is 0 Å². The number of imidazole rings is 1. The largest absolute Gasteiger partial charge is 0.393 e. The van der Waals surface area contributed by atoms with Gasteiger partial charge < -0.3 is 10.4 Å². The predicted molar refractivity (Wildman–Crippen MR) is 77.5 cm³/mol. The van der Waals surface area contributed by atoms with E-state index in [0.717, 1.165) is 55.3 Å². The summed E-state index contributed by atoms with van der Waals surface area (Å²) in [5, 5.41) is 15.1. The van der Waals surface area contributed by atoms with Gasteiger partial charge in [-0.15, -0.1) is 11.3 Å². The Morgan fingerprint density at radius 1 is 1.42 bits per heavy atom. The van der Waals surface area contributed by atoms with Crippen LogP contribution in [0.3, 0.4) is 0 Å². The minimum Gasteiger partial charge on any atom is -0.393 e. The summed E-state index contributed by atoms with van der Waals surface area (Å²) in [5.74, 6) is 0.717. The number of rotatable bonds is 4. The van der Waals surface area contributed by atoms with E-state index < -0.39 is 0 Å². The second-order valence-corrected chi connectivity index (χ2v) is 6.38. The Balaban J connectivity index is 1.54. The molecule has 0 saturated heterocycles. The number of fused-ring (bicyclic) bond motifs is 1. The highest BCUT2D eigenvalue weighted by Gasteiger charge is 2.19. The van der Waals surface area contributed by atoms with Crippen molar-refractivity contribution >= 4 is 16.3 Å². The number of nitrogens with one attached hydrogen (secondary N) is 1. The first-order valence-electron chi connectivity index (χ1n) is 7.04. The number of hydrogen-bond donors (Lipinski definition) is 2. The number of hydrogen-bond acceptors (Lipinski definition) is 4. The Morgan fingerprint density at radius 3 is 3.00 bits per heavy atom. The van der Waals surface area contributed by atoms with Crippen LogP contribution in [0.2, 0.25) is 0 Å². The maximum absolute atomic E-state index is 9.50. The Bertz CT molecular complexity index is 540. The highest BCUT2D eigenvalue weighted by Crippen LogP contribution is 2.23. The first-order valence-corrected chi connectivity index (χ1v) is 7.92. The van der Waals surface area contributed by atoms with E-state index in [1.54, 1.807) is 11.3 Å². The number of thiazole rings is 1. The smallest absolute Gasteiger partial charge is 0.194 e. The summed E-state index contributed by atoms with van der Waals surface area (Å²) in [6.45, 7) is 4.00. The third kappa shape index (κ3) is 2.83. The van der Waals surface area contributed by atoms with Gasteiger partial charge in [0.15, 0.2) is 4.96 Å². The molecule has 0 amide bonds. The van der Waals surface area contributed by atoms with Crippen LogP contribution in [-0.4, -0.2) is 27.1 Å². The van der Waals surface area contributed by atoms with E-state index >= 15 is 0 Å². The Labute approximate surface area is 117 Å². The molecule has 2 aromatic rings. The van der Waals surface area contributed by atoms with Crippen LogP contribution in [0.1, 0.15) is 37.1 Å². The number of aryl methyl sites for hydroxylation is 1. The Hall–Kier alpha value is -0.910. The molecule has 0 unspecified atom stereocenters. The van der Waals surface area contributed by atoms with E-state index in [4.69, 9.17) is 0 Å². The fourth-order valence-corrected chi connectivity index (χ4v) is 3.68. The van der Waals surface area contributed by atoms with Crippen molar-refractivity contribution < 1.29 is 5.11 Å². The second kappa shape index (κ2) is 5.61. The third-order valence-corrected chi connectivity index (χ3v) is 4.86. The molecule has 0 spiro atoms. The molecule has 0 radical (unpaired) electrons. The first-order chi connectivity index (χ1) is 9.24. The summed E-state index contributed by atoms with van der Waals surface area (Å²) in [5.41, 5.74) is 2.39. The molecule has 4 nitrogen and oxygen atoms in total. The maximum Gasteiger partial charge on any atom is 0.194 e. The van der Waals surface area contributed by atoms with Crippen LogP contribution in [-0.2, 0) is 6.54 Å². The quantitative estimate of drug-likeness (QED) is 0.903. The maximum atomic E-state index is 9.50. The Kier molecular flexibility index (Phi) is 3.86. The van der Waals surface area contributed by atoms with Crippen LogP contribution in [0.25, 0.3) is 4.96 Å². The minimum atomic E-state index is -0.0567. The molecule has 1 aliphatic rings. The molecule has 5 heteroatoms. The third-order valence-electron chi connectivity index (χ3n) is 4.10. The van der Waals surface area contributed by atoms with E-state index in [9.17, 15) is 5.11 Å². The number of aromatic nitrogens is 2. The van der Waals surface area contributed by atoms with Gasteiger partial charge in [0.1, 0.15) is 0 Å². The van der Waals surface area contributed by atoms with Gasteiger partial charge in [0, 0.05) is 18.1 Å². The lowest BCUT2D eigenvalue weighted by Gasteiger charge is -2.25. The number of nitrogens with zero attached hydrogens (tertiary/aromatic N) is 2. The molecule has 2 N–H and O–H groups in total. The lowest BCUT2D eigenvalue weighted by molar-refractivity contribution is 0.108. The SMILES string of the molecule is Cc1nc2sccn2c1CNCC1CCC(O)CC1. The zero-order valence-electron chi connectivity index (χ0n) is 11.3.